The van der Waals surface area contributed by atoms with Crippen LogP contribution < -0.4 is 0 Å². The summed E-state index contributed by atoms with van der Waals surface area (Å²) < 4.78 is 7.05. The summed E-state index contributed by atoms with van der Waals surface area (Å²) in [7, 11) is 0. The van der Waals surface area contributed by atoms with Gasteiger partial charge in [-0.2, -0.15) is 0 Å². The fourth-order valence-electron chi connectivity index (χ4n) is 2.80. The van der Waals surface area contributed by atoms with Gasteiger partial charge in [0.2, 0.25) is 0 Å². The van der Waals surface area contributed by atoms with E-state index < -0.39 is 59.4 Å². The maximum atomic E-state index is 2.94. The van der Waals surface area contributed by atoms with Crippen LogP contribution in [0.25, 0.3) is 0 Å². The van der Waals surface area contributed by atoms with Gasteiger partial charge in [-0.3, -0.25) is 0 Å². The third-order valence-corrected chi connectivity index (χ3v) is 155. The van der Waals surface area contributed by atoms with Crippen molar-refractivity contribution in [2.24, 2.45) is 0 Å². The van der Waals surface area contributed by atoms with Crippen molar-refractivity contribution in [1.29, 1.82) is 0 Å². The van der Waals surface area contributed by atoms with Gasteiger partial charge in [0.25, 0.3) is 0 Å². The molecule has 0 radical (unpaired) electrons. The third-order valence-electron chi connectivity index (χ3n) is 4.82. The van der Waals surface area contributed by atoms with Gasteiger partial charge in [0.1, 0.15) is 0 Å². The van der Waals surface area contributed by atoms with E-state index in [4.69, 9.17) is 0 Å². The Labute approximate surface area is 149 Å². The molecular weight excluding hydrogens is 871 g/mol. The van der Waals surface area contributed by atoms with Crippen LogP contribution in [0.3, 0.4) is 0 Å². The molecule has 0 spiro atoms. The molecule has 0 heterocycles. The standard InChI is InChI=1S/5C3H5.3Bi.2S/c5*1-2-3-1;;;;;/h5*1H,2-3H2;;;;;. The molecule has 0 saturated heterocycles. The quantitative estimate of drug-likeness (QED) is 0.271. The van der Waals surface area contributed by atoms with Gasteiger partial charge < -0.3 is 0 Å². The first kappa shape index (κ1) is 15.6. The van der Waals surface area contributed by atoms with Crippen LogP contribution in [0, 0.1) is 0 Å². The molecule has 0 aromatic rings. The summed E-state index contributed by atoms with van der Waals surface area (Å²) in [6.07, 6.45) is 17.0. The van der Waals surface area contributed by atoms with E-state index >= 15 is 0 Å². The van der Waals surface area contributed by atoms with Crippen LogP contribution in [0.1, 0.15) is 64.2 Å². The van der Waals surface area contributed by atoms with Crippen LogP contribution in [0.15, 0.2) is 0 Å². The van der Waals surface area contributed by atoms with E-state index in [0.717, 1.165) is 0 Å². The molecule has 5 aliphatic rings. The van der Waals surface area contributed by atoms with Crippen LogP contribution in [-0.4, -0.2) is 59.4 Å². The molecule has 20 heavy (non-hydrogen) atoms. The summed E-state index contributed by atoms with van der Waals surface area (Å²) in [5.74, 6) is 0. The van der Waals surface area contributed by atoms with Crippen molar-refractivity contribution >= 4 is 69.9 Å². The summed E-state index contributed by atoms with van der Waals surface area (Å²) in [6.45, 7) is 0. The zero-order valence-corrected chi connectivity index (χ0v) is 24.2. The molecule has 5 aliphatic carbocycles. The summed E-state index contributed by atoms with van der Waals surface area (Å²) in [6, 6.07) is 0. The first-order valence-corrected chi connectivity index (χ1v) is 37.1. The van der Waals surface area contributed by atoms with Crippen LogP contribution >= 0.6 is 10.5 Å². The van der Waals surface area contributed by atoms with Crippen molar-refractivity contribution in [3.8, 4) is 0 Å². The first-order valence-electron chi connectivity index (χ1n) is 8.60. The van der Waals surface area contributed by atoms with E-state index in [1.54, 1.807) is 64.2 Å². The van der Waals surface area contributed by atoms with Crippen LogP contribution in [0.4, 0.5) is 0 Å². The van der Waals surface area contributed by atoms with Gasteiger partial charge in [0.15, 0.2) is 0 Å². The summed E-state index contributed by atoms with van der Waals surface area (Å²) in [5, 5.41) is 5.88. The Morgan fingerprint density at radius 2 is 0.750 bits per heavy atom. The monoisotopic (exact) mass is 896 g/mol. The molecule has 5 saturated carbocycles. The molecule has 0 nitrogen and oxygen atoms in total. The van der Waals surface area contributed by atoms with Crippen molar-refractivity contribution in [2.45, 2.75) is 82.3 Å². The fraction of sp³-hybridized carbons (Fsp3) is 1.00. The predicted octanol–water partition coefficient (Wildman–Crippen LogP) is 5.74. The van der Waals surface area contributed by atoms with Gasteiger partial charge in [-0.25, -0.2) is 0 Å². The first-order chi connectivity index (χ1) is 9.88. The van der Waals surface area contributed by atoms with E-state index in [9.17, 15) is 0 Å². The SMILES string of the molecule is C1C[CH]1[Bi]([S][Bi]([CH]1CC1)[CH]1CC1)[S][Bi]([CH]1CC1)[CH]1CC1. The summed E-state index contributed by atoms with van der Waals surface area (Å²) in [5.41, 5.74) is 0. The molecule has 0 aliphatic heterocycles. The van der Waals surface area contributed by atoms with Crippen molar-refractivity contribution in [3.63, 3.8) is 0 Å². The van der Waals surface area contributed by atoms with Crippen LogP contribution in [-0.2, 0) is 0 Å². The normalized spacial score (nSPS) is 30.8. The molecule has 0 atom stereocenters. The Morgan fingerprint density at radius 1 is 0.450 bits per heavy atom. The molecule has 5 fully saturated rings. The predicted molar refractivity (Wildman–Crippen MR) is 97.4 cm³/mol. The van der Waals surface area contributed by atoms with Gasteiger partial charge in [0.05, 0.1) is 0 Å². The topological polar surface area (TPSA) is 0 Å². The van der Waals surface area contributed by atoms with Crippen molar-refractivity contribution in [2.75, 3.05) is 0 Å². The second-order valence-corrected chi connectivity index (χ2v) is 83.2. The third kappa shape index (κ3) is 4.12. The second kappa shape index (κ2) is 6.58. The van der Waals surface area contributed by atoms with Crippen molar-refractivity contribution < 1.29 is 0 Å². The zero-order chi connectivity index (χ0) is 13.1. The number of hydrogen-bond donors (Lipinski definition) is 0. The van der Waals surface area contributed by atoms with Gasteiger partial charge >= 0.3 is 152 Å². The van der Waals surface area contributed by atoms with E-state index in [2.05, 4.69) is 10.5 Å². The summed E-state index contributed by atoms with van der Waals surface area (Å²) in [4.78, 5) is 0. The van der Waals surface area contributed by atoms with Crippen molar-refractivity contribution in [3.05, 3.63) is 0 Å². The average molecular weight is 896 g/mol. The average Bonchev–Trinajstić information content (AvgIpc) is 3.33. The molecular formula is C15H25Bi3S2. The fourth-order valence-corrected chi connectivity index (χ4v) is 292. The molecule has 0 unspecified atom stereocenters. The second-order valence-electron chi connectivity index (χ2n) is 7.32. The molecule has 5 rings (SSSR count). The van der Waals surface area contributed by atoms with Gasteiger partial charge in [0, 0.05) is 0 Å². The molecule has 112 valence electrons. The Bertz CT molecular complexity index is 319. The molecule has 0 N–H and O–H groups in total. The Hall–Kier alpha value is 3.35. The van der Waals surface area contributed by atoms with E-state index in [0.29, 0.717) is 0 Å². The summed E-state index contributed by atoms with van der Waals surface area (Å²) >= 11 is -3.06. The van der Waals surface area contributed by atoms with Crippen molar-refractivity contribution in [1.82, 2.24) is 0 Å². The molecule has 5 heteroatoms. The number of rotatable bonds is 9. The molecule has 0 aromatic heterocycles. The van der Waals surface area contributed by atoms with E-state index in [1.807, 2.05) is 0 Å². The minimum absolute atomic E-state index is 0.991. The van der Waals surface area contributed by atoms with Crippen LogP contribution in [0.2, 0.25) is 18.1 Å². The Kier molecular flexibility index (Phi) is 5.13. The van der Waals surface area contributed by atoms with E-state index in [-0.39, 0.29) is 0 Å². The van der Waals surface area contributed by atoms with Crippen LogP contribution in [0.5, 0.6) is 0 Å². The molecule has 0 amide bonds. The molecule has 0 aromatic carbocycles. The maximum absolute atomic E-state index is 2.94. The van der Waals surface area contributed by atoms with E-state index in [1.165, 1.54) is 18.1 Å². The van der Waals surface area contributed by atoms with Gasteiger partial charge in [-0.15, -0.1) is 0 Å². The zero-order valence-electron chi connectivity index (χ0n) is 12.1. The molecule has 0 bridgehead atoms. The Morgan fingerprint density at radius 3 is 1.00 bits per heavy atom. The van der Waals surface area contributed by atoms with Gasteiger partial charge in [-0.05, 0) is 0 Å². The number of hydrogen-bond acceptors (Lipinski definition) is 2. The Balaban J connectivity index is 1.24. The minimum atomic E-state index is -1.08. The van der Waals surface area contributed by atoms with Gasteiger partial charge in [-0.1, -0.05) is 0 Å².